The Bertz CT molecular complexity index is 518. The van der Waals surface area contributed by atoms with Gasteiger partial charge in [0.05, 0.1) is 19.4 Å². The van der Waals surface area contributed by atoms with Crippen LogP contribution in [0, 0.1) is 5.92 Å². The maximum Gasteiger partial charge on any atom is 0.335 e. The van der Waals surface area contributed by atoms with Crippen LogP contribution in [0.4, 0.5) is 0 Å². The zero-order valence-electron chi connectivity index (χ0n) is 12.5. The lowest BCUT2D eigenvalue weighted by molar-refractivity contribution is -0.153. The van der Waals surface area contributed by atoms with Gasteiger partial charge in [-0.15, -0.1) is 0 Å². The van der Waals surface area contributed by atoms with Crippen LogP contribution in [-0.4, -0.2) is 30.1 Å². The minimum Gasteiger partial charge on any atom is -0.497 e. The van der Waals surface area contributed by atoms with Crippen LogP contribution in [0.2, 0.25) is 0 Å². The Labute approximate surface area is 118 Å². The minimum atomic E-state index is -0.902. The van der Waals surface area contributed by atoms with E-state index in [1.807, 2.05) is 6.92 Å². The van der Waals surface area contributed by atoms with Crippen LogP contribution >= 0.6 is 0 Å². The van der Waals surface area contributed by atoms with Crippen molar-refractivity contribution in [2.75, 3.05) is 7.11 Å². The molecule has 0 bridgehead atoms. The van der Waals surface area contributed by atoms with Gasteiger partial charge in [-0.25, -0.2) is 4.79 Å². The maximum absolute atomic E-state index is 12.2. The van der Waals surface area contributed by atoms with E-state index in [0.29, 0.717) is 17.8 Å². The number of ether oxygens (including phenoxy) is 3. The zero-order chi connectivity index (χ0) is 15.1. The Morgan fingerprint density at radius 2 is 2.00 bits per heavy atom. The number of carbonyl (C=O) groups is 2. The lowest BCUT2D eigenvalue weighted by Crippen LogP contribution is -2.44. The van der Waals surface area contributed by atoms with Crippen LogP contribution in [0.5, 0.6) is 0 Å². The van der Waals surface area contributed by atoms with Gasteiger partial charge in [-0.05, 0) is 20.8 Å². The van der Waals surface area contributed by atoms with Crippen LogP contribution in [0.1, 0.15) is 34.1 Å². The molecule has 0 radical (unpaired) electrons. The normalized spacial score (nSPS) is 34.2. The molecule has 0 aromatic rings. The predicted molar refractivity (Wildman–Crippen MR) is 71.6 cm³/mol. The summed E-state index contributed by atoms with van der Waals surface area (Å²) in [5.74, 6) is -0.100. The summed E-state index contributed by atoms with van der Waals surface area (Å²) in [6.07, 6.45) is 3.27. The third-order valence-electron chi connectivity index (χ3n) is 4.24. The van der Waals surface area contributed by atoms with Crippen molar-refractivity contribution in [2.24, 2.45) is 5.92 Å². The highest BCUT2D eigenvalue weighted by Gasteiger charge is 2.50. The molecule has 0 spiro atoms. The number of ketones is 1. The second-order valence-electron chi connectivity index (χ2n) is 5.82. The van der Waals surface area contributed by atoms with Crippen molar-refractivity contribution in [3.8, 4) is 0 Å². The number of hydrogen-bond acceptors (Lipinski definition) is 5. The van der Waals surface area contributed by atoms with Gasteiger partial charge in [0.25, 0.3) is 0 Å². The van der Waals surface area contributed by atoms with Crippen molar-refractivity contribution in [3.63, 3.8) is 0 Å². The molecule has 110 valence electrons. The summed E-state index contributed by atoms with van der Waals surface area (Å²) in [6, 6.07) is 0. The van der Waals surface area contributed by atoms with E-state index < -0.39 is 17.2 Å². The zero-order valence-corrected chi connectivity index (χ0v) is 12.5. The molecule has 5 nitrogen and oxygen atoms in total. The average Bonchev–Trinajstić information content (AvgIpc) is 2.82. The lowest BCUT2D eigenvalue weighted by atomic mass is 9.79. The van der Waals surface area contributed by atoms with Crippen LogP contribution in [-0.2, 0) is 23.8 Å². The van der Waals surface area contributed by atoms with Gasteiger partial charge < -0.3 is 14.2 Å². The molecule has 2 rings (SSSR count). The lowest BCUT2D eigenvalue weighted by Gasteiger charge is -2.35. The summed E-state index contributed by atoms with van der Waals surface area (Å²) in [7, 11) is 1.50. The largest absolute Gasteiger partial charge is 0.497 e. The smallest absolute Gasteiger partial charge is 0.335 e. The standard InChI is InChI=1S/C15H20O5/c1-9-8-19-14(3,13(9)17)7-10(2)15(4)11(18-5)6-12(16)20-15/h6,8,10H,7H2,1-5H3/t10-,14-,15-/m0/s1. The maximum atomic E-state index is 12.2. The molecular weight excluding hydrogens is 260 g/mol. The Morgan fingerprint density at radius 1 is 1.35 bits per heavy atom. The molecule has 20 heavy (non-hydrogen) atoms. The van der Waals surface area contributed by atoms with Crippen molar-refractivity contribution in [1.29, 1.82) is 0 Å². The molecule has 0 fully saturated rings. The minimum absolute atomic E-state index is 0.0276. The molecule has 0 amide bonds. The van der Waals surface area contributed by atoms with Gasteiger partial charge in [0.2, 0.25) is 5.78 Å². The molecule has 0 saturated heterocycles. The molecule has 3 atom stereocenters. The summed E-state index contributed by atoms with van der Waals surface area (Å²) < 4.78 is 16.2. The van der Waals surface area contributed by atoms with Crippen LogP contribution in [0.15, 0.2) is 23.7 Å². The molecule has 0 aromatic carbocycles. The van der Waals surface area contributed by atoms with Crippen molar-refractivity contribution in [2.45, 2.75) is 45.3 Å². The fourth-order valence-electron chi connectivity index (χ4n) is 2.81. The van der Waals surface area contributed by atoms with E-state index in [9.17, 15) is 9.59 Å². The second-order valence-corrected chi connectivity index (χ2v) is 5.82. The highest BCUT2D eigenvalue weighted by molar-refractivity contribution is 6.02. The number of carbonyl (C=O) groups excluding carboxylic acids is 2. The fraction of sp³-hybridized carbons (Fsp3) is 0.600. The molecule has 5 heteroatoms. The molecule has 0 aliphatic carbocycles. The Balaban J connectivity index is 2.17. The molecule has 2 heterocycles. The van der Waals surface area contributed by atoms with Crippen LogP contribution in [0.3, 0.4) is 0 Å². The molecule has 0 N–H and O–H groups in total. The van der Waals surface area contributed by atoms with Crippen LogP contribution < -0.4 is 0 Å². The molecule has 0 aromatic heterocycles. The van der Waals surface area contributed by atoms with Gasteiger partial charge in [0, 0.05) is 17.9 Å². The quantitative estimate of drug-likeness (QED) is 0.738. The first-order chi connectivity index (χ1) is 9.23. The van der Waals surface area contributed by atoms with E-state index in [0.717, 1.165) is 0 Å². The monoisotopic (exact) mass is 280 g/mol. The van der Waals surface area contributed by atoms with Crippen molar-refractivity contribution in [1.82, 2.24) is 0 Å². The Kier molecular flexibility index (Phi) is 3.40. The Morgan fingerprint density at radius 3 is 2.50 bits per heavy atom. The highest BCUT2D eigenvalue weighted by atomic mass is 16.6. The number of rotatable bonds is 4. The van der Waals surface area contributed by atoms with Gasteiger partial charge in [0.1, 0.15) is 5.76 Å². The van der Waals surface area contributed by atoms with Gasteiger partial charge in [0.15, 0.2) is 11.2 Å². The van der Waals surface area contributed by atoms with Gasteiger partial charge >= 0.3 is 5.97 Å². The predicted octanol–water partition coefficient (Wildman–Crippen LogP) is 2.12. The van der Waals surface area contributed by atoms with E-state index in [4.69, 9.17) is 14.2 Å². The van der Waals surface area contributed by atoms with E-state index in [-0.39, 0.29) is 11.7 Å². The van der Waals surface area contributed by atoms with Crippen molar-refractivity contribution >= 4 is 11.8 Å². The number of cyclic esters (lactones) is 1. The van der Waals surface area contributed by atoms with Crippen LogP contribution in [0.25, 0.3) is 0 Å². The molecular formula is C15H20O5. The van der Waals surface area contributed by atoms with E-state index >= 15 is 0 Å². The van der Waals surface area contributed by atoms with Gasteiger partial charge in [-0.3, -0.25) is 4.79 Å². The van der Waals surface area contributed by atoms with Crippen molar-refractivity contribution in [3.05, 3.63) is 23.7 Å². The number of methoxy groups -OCH3 is 1. The summed E-state index contributed by atoms with van der Waals surface area (Å²) in [5.41, 5.74) is -1.16. The van der Waals surface area contributed by atoms with E-state index in [1.54, 1.807) is 20.8 Å². The first-order valence-corrected chi connectivity index (χ1v) is 6.61. The summed E-state index contributed by atoms with van der Waals surface area (Å²) in [4.78, 5) is 23.6. The summed E-state index contributed by atoms with van der Waals surface area (Å²) in [6.45, 7) is 7.20. The molecule has 0 unspecified atom stereocenters. The van der Waals surface area contributed by atoms with E-state index in [1.165, 1.54) is 19.4 Å². The average molecular weight is 280 g/mol. The first-order valence-electron chi connectivity index (χ1n) is 6.61. The third-order valence-corrected chi connectivity index (χ3v) is 4.24. The fourth-order valence-corrected chi connectivity index (χ4v) is 2.81. The topological polar surface area (TPSA) is 61.8 Å². The number of esters is 1. The molecule has 2 aliphatic heterocycles. The summed E-state index contributed by atoms with van der Waals surface area (Å²) >= 11 is 0. The SMILES string of the molecule is COC1=CC(=O)O[C@@]1(C)[C@@H](C)C[C@]1(C)OC=C(C)C1=O. The third kappa shape index (κ3) is 2.11. The Hall–Kier alpha value is -1.78. The van der Waals surface area contributed by atoms with Gasteiger partial charge in [-0.1, -0.05) is 6.92 Å². The van der Waals surface area contributed by atoms with Crippen molar-refractivity contribution < 1.29 is 23.8 Å². The van der Waals surface area contributed by atoms with Gasteiger partial charge in [-0.2, -0.15) is 0 Å². The summed E-state index contributed by atoms with van der Waals surface area (Å²) in [5, 5.41) is 0. The number of Topliss-reactive ketones (excluding diaryl/α,β-unsaturated/α-hetero) is 1. The number of hydrogen-bond donors (Lipinski definition) is 0. The molecule has 2 aliphatic rings. The second kappa shape index (κ2) is 4.65. The first kappa shape index (κ1) is 14.6. The molecule has 0 saturated carbocycles. The highest BCUT2D eigenvalue weighted by Crippen LogP contribution is 2.41. The van der Waals surface area contributed by atoms with E-state index in [2.05, 4.69) is 0 Å².